The Morgan fingerprint density at radius 3 is 2.50 bits per heavy atom. The van der Waals surface area contributed by atoms with Crippen LogP contribution in [0.1, 0.15) is 34.1 Å². The van der Waals surface area contributed by atoms with Gasteiger partial charge in [0.05, 0.1) is 0 Å². The first kappa shape index (κ1) is 13.3. The average Bonchev–Trinajstić information content (AvgIpc) is 2.15. The first-order chi connectivity index (χ1) is 7.33. The highest BCUT2D eigenvalue weighted by Crippen LogP contribution is 2.11. The van der Waals surface area contributed by atoms with Crippen LogP contribution in [0.3, 0.4) is 0 Å². The third-order valence-electron chi connectivity index (χ3n) is 3.02. The number of nitrogens with zero attached hydrogens (tertiary/aromatic N) is 2. The fourth-order valence-electron chi connectivity index (χ4n) is 1.97. The van der Waals surface area contributed by atoms with Gasteiger partial charge in [0.2, 0.25) is 0 Å². The molecule has 94 valence electrons. The second kappa shape index (κ2) is 5.04. The number of rotatable bonds is 1. The molecule has 4 nitrogen and oxygen atoms in total. The van der Waals surface area contributed by atoms with Gasteiger partial charge in [-0.2, -0.15) is 0 Å². The minimum atomic E-state index is -0.151. The van der Waals surface area contributed by atoms with Crippen LogP contribution in [0.15, 0.2) is 0 Å². The van der Waals surface area contributed by atoms with Crippen molar-refractivity contribution < 1.29 is 4.79 Å². The predicted octanol–water partition coefficient (Wildman–Crippen LogP) is 1.52. The molecule has 4 heteroatoms. The molecule has 0 aromatic carbocycles. The number of urea groups is 1. The van der Waals surface area contributed by atoms with Crippen LogP contribution in [0.25, 0.3) is 0 Å². The van der Waals surface area contributed by atoms with Crippen LogP contribution in [0.2, 0.25) is 0 Å². The summed E-state index contributed by atoms with van der Waals surface area (Å²) in [4.78, 5) is 16.2. The first-order valence-electron chi connectivity index (χ1n) is 6.11. The highest BCUT2D eigenvalue weighted by Gasteiger charge is 2.27. The molecule has 0 aromatic rings. The third kappa shape index (κ3) is 3.67. The lowest BCUT2D eigenvalue weighted by Crippen LogP contribution is -2.57. The number of hydrogen-bond donors (Lipinski definition) is 1. The molecule has 1 rings (SSSR count). The van der Waals surface area contributed by atoms with Gasteiger partial charge in [-0.25, -0.2) is 4.79 Å². The molecule has 16 heavy (non-hydrogen) atoms. The molecule has 1 unspecified atom stereocenters. The molecule has 0 aromatic heterocycles. The van der Waals surface area contributed by atoms with Crippen LogP contribution in [-0.4, -0.2) is 54.1 Å². The molecule has 1 aliphatic heterocycles. The van der Waals surface area contributed by atoms with Crippen molar-refractivity contribution in [3.8, 4) is 0 Å². The summed E-state index contributed by atoms with van der Waals surface area (Å²) in [5, 5.41) is 3.02. The highest BCUT2D eigenvalue weighted by atomic mass is 16.2. The summed E-state index contributed by atoms with van der Waals surface area (Å²) in [7, 11) is 2.13. The van der Waals surface area contributed by atoms with Crippen LogP contribution in [0.5, 0.6) is 0 Å². The van der Waals surface area contributed by atoms with E-state index >= 15 is 0 Å². The molecule has 0 radical (unpaired) electrons. The zero-order valence-corrected chi connectivity index (χ0v) is 11.2. The first-order valence-corrected chi connectivity index (χ1v) is 6.11. The number of carbonyl (C=O) groups is 1. The van der Waals surface area contributed by atoms with E-state index in [1.165, 1.54) is 0 Å². The number of amides is 2. The van der Waals surface area contributed by atoms with Gasteiger partial charge in [-0.15, -0.1) is 0 Å². The quantitative estimate of drug-likeness (QED) is 0.737. The molecular weight excluding hydrogens is 202 g/mol. The largest absolute Gasteiger partial charge is 0.333 e. The number of hydrogen-bond acceptors (Lipinski definition) is 2. The van der Waals surface area contributed by atoms with E-state index < -0.39 is 0 Å². The predicted molar refractivity (Wildman–Crippen MR) is 66.6 cm³/mol. The van der Waals surface area contributed by atoms with Gasteiger partial charge in [-0.3, -0.25) is 4.90 Å². The fraction of sp³-hybridized carbons (Fsp3) is 0.917. The Bertz CT molecular complexity index is 247. The van der Waals surface area contributed by atoms with E-state index in [1.54, 1.807) is 0 Å². The zero-order valence-electron chi connectivity index (χ0n) is 11.2. The van der Waals surface area contributed by atoms with Crippen molar-refractivity contribution in [3.63, 3.8) is 0 Å². The molecule has 1 aliphatic rings. The lowest BCUT2D eigenvalue weighted by Gasteiger charge is -2.40. The fourth-order valence-corrected chi connectivity index (χ4v) is 1.97. The normalized spacial score (nSPS) is 23.3. The lowest BCUT2D eigenvalue weighted by atomic mass is 10.1. The van der Waals surface area contributed by atoms with Gasteiger partial charge in [-0.1, -0.05) is 6.92 Å². The minimum absolute atomic E-state index is 0.0686. The van der Waals surface area contributed by atoms with Gasteiger partial charge < -0.3 is 10.2 Å². The maximum absolute atomic E-state index is 12.0. The Kier molecular flexibility index (Phi) is 4.19. The Morgan fingerprint density at radius 2 is 2.00 bits per heavy atom. The maximum Gasteiger partial charge on any atom is 0.317 e. The molecule has 0 spiro atoms. The summed E-state index contributed by atoms with van der Waals surface area (Å²) < 4.78 is 0. The van der Waals surface area contributed by atoms with Gasteiger partial charge in [0.1, 0.15) is 0 Å². The van der Waals surface area contributed by atoms with Crippen molar-refractivity contribution >= 4 is 6.03 Å². The molecule has 1 N–H and O–H groups in total. The van der Waals surface area contributed by atoms with Crippen molar-refractivity contribution in [2.45, 2.75) is 45.7 Å². The van der Waals surface area contributed by atoms with Gasteiger partial charge in [-0.05, 0) is 34.2 Å². The van der Waals surface area contributed by atoms with Gasteiger partial charge in [0, 0.05) is 31.2 Å². The van der Waals surface area contributed by atoms with E-state index in [1.807, 2.05) is 25.7 Å². The average molecular weight is 227 g/mol. The van der Waals surface area contributed by atoms with Crippen molar-refractivity contribution in [2.75, 3.05) is 26.7 Å². The summed E-state index contributed by atoms with van der Waals surface area (Å²) in [5.41, 5.74) is -0.151. The highest BCUT2D eigenvalue weighted by molar-refractivity contribution is 5.75. The van der Waals surface area contributed by atoms with E-state index in [-0.39, 0.29) is 11.6 Å². The Labute approximate surface area is 99.0 Å². The van der Waals surface area contributed by atoms with Crippen LogP contribution in [0, 0.1) is 0 Å². The summed E-state index contributed by atoms with van der Waals surface area (Å²) in [6, 6.07) is 0.568. The second-order valence-corrected chi connectivity index (χ2v) is 5.67. The summed E-state index contributed by atoms with van der Waals surface area (Å²) in [5.74, 6) is 0. The number of carbonyl (C=O) groups excluding carboxylic acids is 1. The molecule has 1 heterocycles. The molecule has 0 bridgehead atoms. The van der Waals surface area contributed by atoms with E-state index in [0.717, 1.165) is 26.1 Å². The zero-order chi connectivity index (χ0) is 12.3. The van der Waals surface area contributed by atoms with Crippen molar-refractivity contribution in [2.24, 2.45) is 0 Å². The smallest absolute Gasteiger partial charge is 0.317 e. The van der Waals surface area contributed by atoms with Gasteiger partial charge >= 0.3 is 6.03 Å². The molecule has 0 saturated carbocycles. The lowest BCUT2D eigenvalue weighted by molar-refractivity contribution is 0.104. The van der Waals surface area contributed by atoms with Crippen LogP contribution >= 0.6 is 0 Å². The van der Waals surface area contributed by atoms with E-state index in [0.29, 0.717) is 6.04 Å². The standard InChI is InChI=1S/C12H25N3O/c1-6-10-9-15(8-7-14(10)5)11(16)13-12(2,3)4/h10H,6-9H2,1-5H3,(H,13,16). The van der Waals surface area contributed by atoms with Crippen molar-refractivity contribution in [3.05, 3.63) is 0 Å². The molecule has 1 fully saturated rings. The van der Waals surface area contributed by atoms with E-state index in [2.05, 4.69) is 24.2 Å². The molecule has 2 amide bonds. The number of likely N-dealkylation sites (N-methyl/N-ethyl adjacent to an activating group) is 1. The van der Waals surface area contributed by atoms with Crippen LogP contribution in [-0.2, 0) is 0 Å². The molecular formula is C12H25N3O. The van der Waals surface area contributed by atoms with Crippen molar-refractivity contribution in [1.82, 2.24) is 15.1 Å². The molecule has 1 atom stereocenters. The maximum atomic E-state index is 12.0. The van der Waals surface area contributed by atoms with Crippen LogP contribution < -0.4 is 5.32 Å². The van der Waals surface area contributed by atoms with Crippen LogP contribution in [0.4, 0.5) is 4.79 Å². The van der Waals surface area contributed by atoms with E-state index in [9.17, 15) is 4.79 Å². The Balaban J connectivity index is 2.52. The Hall–Kier alpha value is -0.770. The molecule has 1 saturated heterocycles. The molecule has 0 aliphatic carbocycles. The summed E-state index contributed by atoms with van der Waals surface area (Å²) in [6.07, 6.45) is 1.09. The number of piperazine rings is 1. The monoisotopic (exact) mass is 227 g/mol. The minimum Gasteiger partial charge on any atom is -0.333 e. The Morgan fingerprint density at radius 1 is 1.38 bits per heavy atom. The SMILES string of the molecule is CCC1CN(C(=O)NC(C)(C)C)CCN1C. The topological polar surface area (TPSA) is 35.6 Å². The van der Waals surface area contributed by atoms with Gasteiger partial charge in [0.15, 0.2) is 0 Å². The summed E-state index contributed by atoms with van der Waals surface area (Å²) >= 11 is 0. The third-order valence-corrected chi connectivity index (χ3v) is 3.02. The van der Waals surface area contributed by atoms with E-state index in [4.69, 9.17) is 0 Å². The van der Waals surface area contributed by atoms with Crippen molar-refractivity contribution in [1.29, 1.82) is 0 Å². The van der Waals surface area contributed by atoms with Gasteiger partial charge in [0.25, 0.3) is 0 Å². The second-order valence-electron chi connectivity index (χ2n) is 5.67. The summed E-state index contributed by atoms with van der Waals surface area (Å²) in [6.45, 7) is 10.8. The number of nitrogens with one attached hydrogen (secondary N) is 1.